The summed E-state index contributed by atoms with van der Waals surface area (Å²) in [6, 6.07) is 2.58. The van der Waals surface area contributed by atoms with Gasteiger partial charge in [-0.3, -0.25) is 0 Å². The fourth-order valence-electron chi connectivity index (χ4n) is 2.79. The third-order valence-electron chi connectivity index (χ3n) is 4.06. The van der Waals surface area contributed by atoms with Gasteiger partial charge in [0, 0.05) is 13.1 Å². The van der Waals surface area contributed by atoms with E-state index in [1.807, 2.05) is 6.92 Å². The molecule has 5 heteroatoms. The van der Waals surface area contributed by atoms with Gasteiger partial charge in [0.2, 0.25) is 10.0 Å². The van der Waals surface area contributed by atoms with Crippen molar-refractivity contribution in [3.05, 3.63) is 29.1 Å². The SMILES string of the molecule is CCN(CC1CCC1)S(=O)(=O)c1c(C)cc(F)cc1C. The predicted molar refractivity (Wildman–Crippen MR) is 77.6 cm³/mol. The van der Waals surface area contributed by atoms with Crippen LogP contribution in [0.4, 0.5) is 4.39 Å². The van der Waals surface area contributed by atoms with E-state index in [0.717, 1.165) is 12.8 Å². The zero-order chi connectivity index (χ0) is 14.9. The Balaban J connectivity index is 2.37. The predicted octanol–water partition coefficient (Wildman–Crippen LogP) is 3.25. The summed E-state index contributed by atoms with van der Waals surface area (Å²) in [5.41, 5.74) is 0.962. The molecule has 0 bridgehead atoms. The molecule has 0 spiro atoms. The summed E-state index contributed by atoms with van der Waals surface area (Å²) in [5, 5.41) is 0. The molecule has 0 aliphatic heterocycles. The van der Waals surface area contributed by atoms with Crippen LogP contribution in [0.25, 0.3) is 0 Å². The minimum Gasteiger partial charge on any atom is -0.207 e. The van der Waals surface area contributed by atoms with E-state index in [9.17, 15) is 12.8 Å². The van der Waals surface area contributed by atoms with Crippen LogP contribution in [0.5, 0.6) is 0 Å². The molecule has 1 fully saturated rings. The summed E-state index contributed by atoms with van der Waals surface area (Å²) in [6.45, 7) is 6.19. The number of hydrogen-bond donors (Lipinski definition) is 0. The molecule has 0 aromatic heterocycles. The molecule has 0 amide bonds. The van der Waals surface area contributed by atoms with Crippen molar-refractivity contribution in [3.63, 3.8) is 0 Å². The fraction of sp³-hybridized carbons (Fsp3) is 0.600. The van der Waals surface area contributed by atoms with Crippen LogP contribution in [0.15, 0.2) is 17.0 Å². The van der Waals surface area contributed by atoms with Crippen LogP contribution in [-0.2, 0) is 10.0 Å². The van der Waals surface area contributed by atoms with E-state index in [1.165, 1.54) is 22.9 Å². The molecule has 0 atom stereocenters. The summed E-state index contributed by atoms with van der Waals surface area (Å²) in [4.78, 5) is 0.264. The maximum atomic E-state index is 13.3. The Bertz CT molecular complexity index is 571. The van der Waals surface area contributed by atoms with Crippen LogP contribution in [-0.4, -0.2) is 25.8 Å². The van der Waals surface area contributed by atoms with Gasteiger partial charge in [0.25, 0.3) is 0 Å². The van der Waals surface area contributed by atoms with E-state index in [2.05, 4.69) is 0 Å². The van der Waals surface area contributed by atoms with E-state index in [1.54, 1.807) is 13.8 Å². The molecule has 1 aromatic rings. The van der Waals surface area contributed by atoms with E-state index in [-0.39, 0.29) is 10.7 Å². The van der Waals surface area contributed by atoms with Gasteiger partial charge >= 0.3 is 0 Å². The van der Waals surface area contributed by atoms with Crippen LogP contribution in [0.1, 0.15) is 37.3 Å². The molecule has 1 aromatic carbocycles. The largest absolute Gasteiger partial charge is 0.243 e. The second-order valence-corrected chi connectivity index (χ2v) is 7.50. The van der Waals surface area contributed by atoms with Crippen molar-refractivity contribution in [1.29, 1.82) is 0 Å². The smallest absolute Gasteiger partial charge is 0.207 e. The van der Waals surface area contributed by atoms with Gasteiger partial charge in [-0.2, -0.15) is 4.31 Å². The van der Waals surface area contributed by atoms with Gasteiger partial charge in [-0.15, -0.1) is 0 Å². The van der Waals surface area contributed by atoms with E-state index < -0.39 is 10.0 Å². The highest BCUT2D eigenvalue weighted by molar-refractivity contribution is 7.89. The minimum absolute atomic E-state index is 0.264. The van der Waals surface area contributed by atoms with E-state index in [0.29, 0.717) is 30.1 Å². The molecule has 0 heterocycles. The Morgan fingerprint density at radius 1 is 1.25 bits per heavy atom. The van der Waals surface area contributed by atoms with Gasteiger partial charge in [-0.25, -0.2) is 12.8 Å². The Morgan fingerprint density at radius 2 is 1.80 bits per heavy atom. The fourth-order valence-corrected chi connectivity index (χ4v) is 4.73. The van der Waals surface area contributed by atoms with Crippen LogP contribution >= 0.6 is 0 Å². The maximum Gasteiger partial charge on any atom is 0.243 e. The third-order valence-corrected chi connectivity index (χ3v) is 6.31. The Morgan fingerprint density at radius 3 is 2.20 bits per heavy atom. The lowest BCUT2D eigenvalue weighted by Crippen LogP contribution is -2.37. The lowest BCUT2D eigenvalue weighted by Gasteiger charge is -2.31. The van der Waals surface area contributed by atoms with Crippen molar-refractivity contribution in [2.75, 3.05) is 13.1 Å². The molecule has 1 saturated carbocycles. The summed E-state index contributed by atoms with van der Waals surface area (Å²) >= 11 is 0. The van der Waals surface area contributed by atoms with Crippen molar-refractivity contribution >= 4 is 10.0 Å². The highest BCUT2D eigenvalue weighted by Gasteiger charge is 2.30. The lowest BCUT2D eigenvalue weighted by molar-refractivity contribution is 0.250. The maximum absolute atomic E-state index is 13.3. The summed E-state index contributed by atoms with van der Waals surface area (Å²) in [5.74, 6) is 0.0896. The molecule has 0 radical (unpaired) electrons. The van der Waals surface area contributed by atoms with E-state index in [4.69, 9.17) is 0 Å². The van der Waals surface area contributed by atoms with Crippen LogP contribution in [0.2, 0.25) is 0 Å². The first-order valence-corrected chi connectivity index (χ1v) is 8.57. The molecule has 2 rings (SSSR count). The van der Waals surface area contributed by atoms with Gasteiger partial charge in [-0.05, 0) is 55.9 Å². The van der Waals surface area contributed by atoms with Crippen LogP contribution in [0, 0.1) is 25.6 Å². The van der Waals surface area contributed by atoms with Gasteiger partial charge in [0.15, 0.2) is 0 Å². The first kappa shape index (κ1) is 15.4. The van der Waals surface area contributed by atoms with Gasteiger partial charge in [-0.1, -0.05) is 13.3 Å². The van der Waals surface area contributed by atoms with Crippen molar-refractivity contribution in [3.8, 4) is 0 Å². The summed E-state index contributed by atoms with van der Waals surface area (Å²) < 4.78 is 40.5. The average molecular weight is 299 g/mol. The lowest BCUT2D eigenvalue weighted by atomic mass is 9.85. The van der Waals surface area contributed by atoms with Crippen molar-refractivity contribution in [2.45, 2.75) is 44.9 Å². The Labute approximate surface area is 120 Å². The standard InChI is InChI=1S/C15H22FNO2S/c1-4-17(10-13-6-5-7-13)20(18,19)15-11(2)8-14(16)9-12(15)3/h8-9,13H,4-7,10H2,1-3H3. The van der Waals surface area contributed by atoms with Gasteiger partial charge < -0.3 is 0 Å². The van der Waals surface area contributed by atoms with Crippen LogP contribution < -0.4 is 0 Å². The molecule has 112 valence electrons. The number of hydrogen-bond acceptors (Lipinski definition) is 2. The molecule has 3 nitrogen and oxygen atoms in total. The normalized spacial score (nSPS) is 16.4. The number of aryl methyl sites for hydroxylation is 2. The molecular formula is C15H22FNO2S. The Kier molecular flexibility index (Phi) is 4.49. The number of benzene rings is 1. The van der Waals surface area contributed by atoms with Crippen LogP contribution in [0.3, 0.4) is 0 Å². The second kappa shape index (κ2) is 5.82. The second-order valence-electron chi connectivity index (χ2n) is 5.62. The zero-order valence-corrected chi connectivity index (χ0v) is 13.1. The average Bonchev–Trinajstić information content (AvgIpc) is 2.24. The molecule has 1 aliphatic carbocycles. The quantitative estimate of drug-likeness (QED) is 0.837. The molecule has 0 saturated heterocycles. The zero-order valence-electron chi connectivity index (χ0n) is 12.3. The van der Waals surface area contributed by atoms with Crippen molar-refractivity contribution in [2.24, 2.45) is 5.92 Å². The van der Waals surface area contributed by atoms with Crippen molar-refractivity contribution in [1.82, 2.24) is 4.31 Å². The Hall–Kier alpha value is -0.940. The summed E-state index contributed by atoms with van der Waals surface area (Å²) in [7, 11) is -3.53. The first-order chi connectivity index (χ1) is 9.36. The molecule has 0 N–H and O–H groups in total. The number of nitrogens with zero attached hydrogens (tertiary/aromatic N) is 1. The van der Waals surface area contributed by atoms with Gasteiger partial charge in [0.05, 0.1) is 4.90 Å². The minimum atomic E-state index is -3.53. The van der Waals surface area contributed by atoms with E-state index >= 15 is 0 Å². The molecule has 1 aliphatic rings. The summed E-state index contributed by atoms with van der Waals surface area (Å²) in [6.07, 6.45) is 3.40. The van der Waals surface area contributed by atoms with Crippen molar-refractivity contribution < 1.29 is 12.8 Å². The number of rotatable bonds is 5. The van der Waals surface area contributed by atoms with Gasteiger partial charge in [0.1, 0.15) is 5.82 Å². The highest BCUT2D eigenvalue weighted by Crippen LogP contribution is 2.30. The third kappa shape index (κ3) is 2.88. The number of halogens is 1. The molecule has 20 heavy (non-hydrogen) atoms. The molecular weight excluding hydrogens is 277 g/mol. The highest BCUT2D eigenvalue weighted by atomic mass is 32.2. The first-order valence-electron chi connectivity index (χ1n) is 7.13. The monoisotopic (exact) mass is 299 g/mol. The number of sulfonamides is 1. The molecule has 0 unspecified atom stereocenters. The topological polar surface area (TPSA) is 37.4 Å².